The van der Waals surface area contributed by atoms with Crippen LogP contribution in [-0.2, 0) is 16.1 Å². The lowest BCUT2D eigenvalue weighted by molar-refractivity contribution is -0.132. The van der Waals surface area contributed by atoms with Gasteiger partial charge in [0.25, 0.3) is 5.91 Å². The van der Waals surface area contributed by atoms with E-state index >= 15 is 0 Å². The summed E-state index contributed by atoms with van der Waals surface area (Å²) in [6, 6.07) is 19.7. The predicted molar refractivity (Wildman–Crippen MR) is 122 cm³/mol. The third kappa shape index (κ3) is 5.97. The fourth-order valence-electron chi connectivity index (χ4n) is 4.02. The number of nitrogens with zero attached hydrogens (tertiary/aromatic N) is 3. The Hall–Kier alpha value is -3.61. The molecular formula is C25H28N4O3. The van der Waals surface area contributed by atoms with Crippen LogP contribution in [0.3, 0.4) is 0 Å². The summed E-state index contributed by atoms with van der Waals surface area (Å²) in [5.74, 6) is 0.904. The van der Waals surface area contributed by atoms with Gasteiger partial charge < -0.3 is 15.0 Å². The van der Waals surface area contributed by atoms with E-state index in [1.54, 1.807) is 29.2 Å². The lowest BCUT2D eigenvalue weighted by Gasteiger charge is -2.20. The number of anilines is 1. The Morgan fingerprint density at radius 1 is 1.00 bits per heavy atom. The van der Waals surface area contributed by atoms with Crippen molar-refractivity contribution in [2.45, 2.75) is 31.7 Å². The lowest BCUT2D eigenvalue weighted by atomic mass is 9.92. The molecule has 0 bridgehead atoms. The molecule has 7 heteroatoms. The highest BCUT2D eigenvalue weighted by Gasteiger charge is 2.22. The second kappa shape index (κ2) is 10.6. The van der Waals surface area contributed by atoms with Gasteiger partial charge in [-0.1, -0.05) is 48.5 Å². The molecule has 1 fully saturated rings. The highest BCUT2D eigenvalue weighted by atomic mass is 16.5. The van der Waals surface area contributed by atoms with E-state index in [9.17, 15) is 9.59 Å². The second-order valence-electron chi connectivity index (χ2n) is 8.00. The van der Waals surface area contributed by atoms with E-state index in [4.69, 9.17) is 4.74 Å². The minimum atomic E-state index is -0.279. The molecule has 1 atom stereocenters. The maximum Gasteiger partial charge on any atom is 0.262 e. The van der Waals surface area contributed by atoms with Crippen LogP contribution in [0.5, 0.6) is 5.75 Å². The molecule has 2 aromatic carbocycles. The van der Waals surface area contributed by atoms with E-state index in [2.05, 4.69) is 34.7 Å². The minimum absolute atomic E-state index is 0.0482. The van der Waals surface area contributed by atoms with Crippen LogP contribution in [0.2, 0.25) is 0 Å². The maximum absolute atomic E-state index is 12.8. The van der Waals surface area contributed by atoms with Crippen LogP contribution in [-0.4, -0.2) is 46.2 Å². The van der Waals surface area contributed by atoms with Gasteiger partial charge in [0.1, 0.15) is 12.3 Å². The molecule has 166 valence electrons. The van der Waals surface area contributed by atoms with Crippen LogP contribution in [0.25, 0.3) is 0 Å². The van der Waals surface area contributed by atoms with Gasteiger partial charge in [0.05, 0.1) is 11.9 Å². The Balaban J connectivity index is 1.25. The molecule has 0 saturated carbocycles. The first kappa shape index (κ1) is 21.6. The molecule has 0 aliphatic carbocycles. The molecule has 2 amide bonds. The standard InChI is InChI=1S/C25H28N4O3/c30-24(19-32-23-11-5-2-6-12-23)27-22-16-26-29(17-22)18-25(31)28-14-7-10-21(13-15-28)20-8-3-1-4-9-20/h1-6,8-9,11-12,16-17,21H,7,10,13-15,18-19H2,(H,27,30). The molecule has 1 aromatic heterocycles. The average Bonchev–Trinajstić information content (AvgIpc) is 3.10. The number of ether oxygens (including phenoxy) is 1. The Morgan fingerprint density at radius 3 is 2.53 bits per heavy atom. The van der Waals surface area contributed by atoms with Gasteiger partial charge in [-0.25, -0.2) is 0 Å². The van der Waals surface area contributed by atoms with Gasteiger partial charge >= 0.3 is 0 Å². The number of carbonyl (C=O) groups is 2. The number of benzene rings is 2. The van der Waals surface area contributed by atoms with E-state index in [0.29, 0.717) is 17.4 Å². The van der Waals surface area contributed by atoms with Crippen LogP contribution < -0.4 is 10.1 Å². The van der Waals surface area contributed by atoms with Crippen molar-refractivity contribution in [3.63, 3.8) is 0 Å². The Bertz CT molecular complexity index is 1020. The number of rotatable bonds is 7. The van der Waals surface area contributed by atoms with Crippen molar-refractivity contribution in [3.8, 4) is 5.75 Å². The SMILES string of the molecule is O=C(COc1ccccc1)Nc1cnn(CC(=O)N2CCCC(c3ccccc3)CC2)c1. The van der Waals surface area contributed by atoms with E-state index in [1.165, 1.54) is 5.56 Å². The van der Waals surface area contributed by atoms with E-state index in [1.807, 2.05) is 29.2 Å². The van der Waals surface area contributed by atoms with Gasteiger partial charge in [-0.2, -0.15) is 5.10 Å². The van der Waals surface area contributed by atoms with Gasteiger partial charge in [0.2, 0.25) is 5.91 Å². The van der Waals surface area contributed by atoms with Crippen molar-refractivity contribution >= 4 is 17.5 Å². The van der Waals surface area contributed by atoms with Crippen molar-refractivity contribution < 1.29 is 14.3 Å². The number of likely N-dealkylation sites (tertiary alicyclic amines) is 1. The molecule has 0 radical (unpaired) electrons. The first-order valence-electron chi connectivity index (χ1n) is 11.0. The Kier molecular flexibility index (Phi) is 7.17. The van der Waals surface area contributed by atoms with Crippen LogP contribution in [0.1, 0.15) is 30.7 Å². The van der Waals surface area contributed by atoms with E-state index in [0.717, 1.165) is 32.4 Å². The number of nitrogens with one attached hydrogen (secondary N) is 1. The smallest absolute Gasteiger partial charge is 0.262 e. The number of hydrogen-bond donors (Lipinski definition) is 1. The zero-order valence-electron chi connectivity index (χ0n) is 18.0. The van der Waals surface area contributed by atoms with Gasteiger partial charge in [-0.3, -0.25) is 14.3 Å². The molecule has 32 heavy (non-hydrogen) atoms. The Morgan fingerprint density at radius 2 is 1.75 bits per heavy atom. The van der Waals surface area contributed by atoms with E-state index in [-0.39, 0.29) is 25.0 Å². The molecule has 7 nitrogen and oxygen atoms in total. The largest absolute Gasteiger partial charge is 0.484 e. The molecule has 1 saturated heterocycles. The molecule has 3 aromatic rings. The monoisotopic (exact) mass is 432 g/mol. The van der Waals surface area contributed by atoms with Gasteiger partial charge in [-0.05, 0) is 42.9 Å². The van der Waals surface area contributed by atoms with Gasteiger partial charge in [0, 0.05) is 19.3 Å². The summed E-state index contributed by atoms with van der Waals surface area (Å²) >= 11 is 0. The summed E-state index contributed by atoms with van der Waals surface area (Å²) in [4.78, 5) is 26.8. The highest BCUT2D eigenvalue weighted by molar-refractivity contribution is 5.91. The van der Waals surface area contributed by atoms with Crippen molar-refractivity contribution in [3.05, 3.63) is 78.6 Å². The fourth-order valence-corrected chi connectivity index (χ4v) is 4.02. The van der Waals surface area contributed by atoms with Crippen LogP contribution in [0.15, 0.2) is 73.1 Å². The average molecular weight is 433 g/mol. The third-order valence-corrected chi connectivity index (χ3v) is 5.68. The van der Waals surface area contributed by atoms with Crippen molar-refractivity contribution in [2.75, 3.05) is 25.0 Å². The summed E-state index contributed by atoms with van der Waals surface area (Å²) in [7, 11) is 0. The normalized spacial score (nSPS) is 16.2. The van der Waals surface area contributed by atoms with Crippen LogP contribution in [0.4, 0.5) is 5.69 Å². The Labute approximate surface area is 188 Å². The number of carbonyl (C=O) groups excluding carboxylic acids is 2. The first-order chi connectivity index (χ1) is 15.7. The zero-order valence-corrected chi connectivity index (χ0v) is 18.0. The summed E-state index contributed by atoms with van der Waals surface area (Å²) in [5.41, 5.74) is 1.89. The molecule has 1 N–H and O–H groups in total. The number of hydrogen-bond acceptors (Lipinski definition) is 4. The molecule has 4 rings (SSSR count). The molecule has 1 aliphatic heterocycles. The quantitative estimate of drug-likeness (QED) is 0.618. The van der Waals surface area contributed by atoms with Crippen molar-refractivity contribution in [1.29, 1.82) is 0 Å². The second-order valence-corrected chi connectivity index (χ2v) is 8.00. The molecule has 1 aliphatic rings. The van der Waals surface area contributed by atoms with Gasteiger partial charge in [0.15, 0.2) is 6.61 Å². The number of aromatic nitrogens is 2. The van der Waals surface area contributed by atoms with E-state index < -0.39 is 0 Å². The molecule has 1 unspecified atom stereocenters. The minimum Gasteiger partial charge on any atom is -0.484 e. The molecular weight excluding hydrogens is 404 g/mol. The van der Waals surface area contributed by atoms with Crippen molar-refractivity contribution in [2.24, 2.45) is 0 Å². The number of para-hydroxylation sites is 1. The summed E-state index contributed by atoms with van der Waals surface area (Å²) in [5, 5.41) is 6.97. The fraction of sp³-hybridized carbons (Fsp3) is 0.320. The van der Waals surface area contributed by atoms with Crippen LogP contribution >= 0.6 is 0 Å². The zero-order chi connectivity index (χ0) is 22.2. The summed E-state index contributed by atoms with van der Waals surface area (Å²) in [6.07, 6.45) is 6.27. The molecule has 2 heterocycles. The highest BCUT2D eigenvalue weighted by Crippen LogP contribution is 2.27. The number of amides is 2. The van der Waals surface area contributed by atoms with Gasteiger partial charge in [-0.15, -0.1) is 0 Å². The topological polar surface area (TPSA) is 76.5 Å². The predicted octanol–water partition coefficient (Wildman–Crippen LogP) is 3.70. The third-order valence-electron chi connectivity index (χ3n) is 5.68. The summed E-state index contributed by atoms with van der Waals surface area (Å²) in [6.45, 7) is 1.58. The van der Waals surface area contributed by atoms with Crippen molar-refractivity contribution in [1.82, 2.24) is 14.7 Å². The van der Waals surface area contributed by atoms with Crippen LogP contribution in [0, 0.1) is 0 Å². The lowest BCUT2D eigenvalue weighted by Crippen LogP contribution is -2.34. The first-order valence-corrected chi connectivity index (χ1v) is 11.0. The molecule has 0 spiro atoms. The summed E-state index contributed by atoms with van der Waals surface area (Å²) < 4.78 is 7.01. The maximum atomic E-state index is 12.8.